The first-order chi connectivity index (χ1) is 11.3. The maximum absolute atomic E-state index is 13.8. The molecule has 1 aromatic heterocycles. The van der Waals surface area contributed by atoms with Crippen molar-refractivity contribution in [2.75, 3.05) is 11.9 Å². The number of nitrogens with one attached hydrogen (secondary N) is 1. The number of para-hydroxylation sites is 1. The molecule has 3 aromatic rings. The molecule has 0 saturated carbocycles. The minimum atomic E-state index is -0.323. The molecule has 0 radical (unpaired) electrons. The Balaban J connectivity index is 1.59. The number of ether oxygens (including phenoxy) is 1. The lowest BCUT2D eigenvalue weighted by molar-refractivity contribution is 0.260. The minimum Gasteiger partial charge on any atom is -0.490 e. The molecule has 0 bridgehead atoms. The second-order valence-electron chi connectivity index (χ2n) is 5.28. The Kier molecular flexibility index (Phi) is 3.67. The normalized spacial score (nSPS) is 16.5. The Labute approximate surface area is 137 Å². The van der Waals surface area contributed by atoms with Gasteiger partial charge < -0.3 is 10.1 Å². The van der Waals surface area contributed by atoms with E-state index in [1.54, 1.807) is 6.07 Å². The molecule has 1 aliphatic rings. The Morgan fingerprint density at radius 3 is 2.87 bits per heavy atom. The predicted molar refractivity (Wildman–Crippen MR) is 88.2 cm³/mol. The summed E-state index contributed by atoms with van der Waals surface area (Å²) in [5.74, 6) is 0.713. The van der Waals surface area contributed by atoms with Crippen LogP contribution in [0.2, 0.25) is 0 Å². The van der Waals surface area contributed by atoms with E-state index in [9.17, 15) is 4.39 Å². The van der Waals surface area contributed by atoms with Gasteiger partial charge in [-0.1, -0.05) is 42.5 Å². The van der Waals surface area contributed by atoms with Crippen LogP contribution in [0, 0.1) is 5.82 Å². The maximum Gasteiger partial charge on any atom is 0.203 e. The van der Waals surface area contributed by atoms with Crippen molar-refractivity contribution in [1.82, 2.24) is 9.36 Å². The van der Waals surface area contributed by atoms with Crippen LogP contribution in [0.5, 0.6) is 5.75 Å². The summed E-state index contributed by atoms with van der Waals surface area (Å²) in [5.41, 5.74) is 1.81. The number of aromatic nitrogens is 2. The molecule has 4 rings (SSSR count). The summed E-state index contributed by atoms with van der Waals surface area (Å²) < 4.78 is 23.7. The molecule has 0 unspecified atom stereocenters. The average molecular weight is 327 g/mol. The van der Waals surface area contributed by atoms with Crippen LogP contribution in [0.3, 0.4) is 0 Å². The van der Waals surface area contributed by atoms with Gasteiger partial charge in [-0.05, 0) is 6.07 Å². The van der Waals surface area contributed by atoms with Crippen molar-refractivity contribution in [3.63, 3.8) is 0 Å². The zero-order chi connectivity index (χ0) is 15.6. The third kappa shape index (κ3) is 2.77. The van der Waals surface area contributed by atoms with Crippen molar-refractivity contribution in [3.8, 4) is 17.1 Å². The maximum atomic E-state index is 13.8. The van der Waals surface area contributed by atoms with Crippen LogP contribution in [0.25, 0.3) is 11.4 Å². The molecule has 0 saturated heterocycles. The van der Waals surface area contributed by atoms with Gasteiger partial charge in [0.05, 0.1) is 12.6 Å². The summed E-state index contributed by atoms with van der Waals surface area (Å²) in [6.07, 6.45) is 0.761. The molecule has 2 aromatic carbocycles. The van der Waals surface area contributed by atoms with Gasteiger partial charge in [-0.3, -0.25) is 0 Å². The van der Waals surface area contributed by atoms with Crippen molar-refractivity contribution in [2.45, 2.75) is 12.5 Å². The van der Waals surface area contributed by atoms with E-state index in [1.807, 2.05) is 36.4 Å². The number of hydrogen-bond acceptors (Lipinski definition) is 5. The van der Waals surface area contributed by atoms with Crippen LogP contribution >= 0.6 is 11.5 Å². The highest BCUT2D eigenvalue weighted by Gasteiger charge is 2.24. The van der Waals surface area contributed by atoms with E-state index < -0.39 is 0 Å². The number of hydrogen-bond donors (Lipinski definition) is 1. The first-order valence-electron chi connectivity index (χ1n) is 7.38. The van der Waals surface area contributed by atoms with Gasteiger partial charge in [-0.2, -0.15) is 9.36 Å². The van der Waals surface area contributed by atoms with Crippen molar-refractivity contribution in [1.29, 1.82) is 0 Å². The highest BCUT2D eigenvalue weighted by molar-refractivity contribution is 7.09. The summed E-state index contributed by atoms with van der Waals surface area (Å²) in [6.45, 7) is 0.482. The number of anilines is 1. The van der Waals surface area contributed by atoms with E-state index in [2.05, 4.69) is 14.7 Å². The zero-order valence-corrected chi connectivity index (χ0v) is 13.0. The molecule has 0 spiro atoms. The Morgan fingerprint density at radius 2 is 2.00 bits per heavy atom. The standard InChI is InChI=1S/C17H14FN3OS/c18-13-8-4-7-12-14(9-10-22-15(12)13)19-17-20-16(21-23-17)11-5-2-1-3-6-11/h1-8,14H,9-10H2,(H,19,20,21)/t14-/m0/s1. The van der Waals surface area contributed by atoms with E-state index in [4.69, 9.17) is 4.74 Å². The molecule has 1 N–H and O–H groups in total. The third-order valence-corrected chi connectivity index (χ3v) is 4.43. The largest absolute Gasteiger partial charge is 0.490 e. The Morgan fingerprint density at radius 1 is 1.13 bits per heavy atom. The third-order valence-electron chi connectivity index (χ3n) is 3.78. The fourth-order valence-corrected chi connectivity index (χ4v) is 3.31. The van der Waals surface area contributed by atoms with Crippen LogP contribution in [0.1, 0.15) is 18.0 Å². The molecule has 6 heteroatoms. The van der Waals surface area contributed by atoms with Crippen LogP contribution in [0.15, 0.2) is 48.5 Å². The van der Waals surface area contributed by atoms with E-state index in [1.165, 1.54) is 17.6 Å². The summed E-state index contributed by atoms with van der Waals surface area (Å²) in [5, 5.41) is 4.08. The van der Waals surface area contributed by atoms with E-state index in [0.29, 0.717) is 18.2 Å². The molecule has 4 nitrogen and oxygen atoms in total. The van der Waals surface area contributed by atoms with Crippen LogP contribution in [0.4, 0.5) is 9.52 Å². The predicted octanol–water partition coefficient (Wildman–Crippen LogP) is 4.28. The second-order valence-corrected chi connectivity index (χ2v) is 6.03. The molecule has 1 aliphatic heterocycles. The molecule has 1 atom stereocenters. The molecular formula is C17H14FN3OS. The number of rotatable bonds is 3. The number of benzene rings is 2. The van der Waals surface area contributed by atoms with Crippen LogP contribution in [-0.2, 0) is 0 Å². The smallest absolute Gasteiger partial charge is 0.203 e. The number of fused-ring (bicyclic) bond motifs is 1. The van der Waals surface area contributed by atoms with E-state index >= 15 is 0 Å². The summed E-state index contributed by atoms with van der Waals surface area (Å²) >= 11 is 1.31. The Bertz CT molecular complexity index is 822. The van der Waals surface area contributed by atoms with Gasteiger partial charge in [-0.15, -0.1) is 0 Å². The van der Waals surface area contributed by atoms with E-state index in [-0.39, 0.29) is 11.9 Å². The first-order valence-corrected chi connectivity index (χ1v) is 8.15. The first kappa shape index (κ1) is 14.1. The quantitative estimate of drug-likeness (QED) is 0.780. The summed E-state index contributed by atoms with van der Waals surface area (Å²) in [6, 6.07) is 14.8. The molecule has 0 aliphatic carbocycles. The van der Waals surface area contributed by atoms with Gasteiger partial charge in [0.1, 0.15) is 0 Å². The molecule has 2 heterocycles. The number of halogens is 1. The topological polar surface area (TPSA) is 47.0 Å². The second kappa shape index (κ2) is 5.96. The molecule has 0 fully saturated rings. The van der Waals surface area contributed by atoms with Gasteiger partial charge in [0, 0.05) is 29.1 Å². The highest BCUT2D eigenvalue weighted by Crippen LogP contribution is 2.36. The molecule has 116 valence electrons. The average Bonchev–Trinajstić information content (AvgIpc) is 3.05. The summed E-state index contributed by atoms with van der Waals surface area (Å²) in [7, 11) is 0. The summed E-state index contributed by atoms with van der Waals surface area (Å²) in [4.78, 5) is 4.53. The fraction of sp³-hybridized carbons (Fsp3) is 0.176. The minimum absolute atomic E-state index is 0.0222. The van der Waals surface area contributed by atoms with Crippen molar-refractivity contribution >= 4 is 16.7 Å². The van der Waals surface area contributed by atoms with Crippen LogP contribution in [-0.4, -0.2) is 16.0 Å². The van der Waals surface area contributed by atoms with Gasteiger partial charge in [0.25, 0.3) is 0 Å². The fourth-order valence-electron chi connectivity index (χ4n) is 2.67. The number of nitrogens with zero attached hydrogens (tertiary/aromatic N) is 2. The zero-order valence-electron chi connectivity index (χ0n) is 12.2. The lowest BCUT2D eigenvalue weighted by atomic mass is 10.0. The Hall–Kier alpha value is -2.47. The van der Waals surface area contributed by atoms with Crippen molar-refractivity contribution < 1.29 is 9.13 Å². The van der Waals surface area contributed by atoms with Gasteiger partial charge in [0.15, 0.2) is 17.4 Å². The molecular weight excluding hydrogens is 313 g/mol. The molecule has 23 heavy (non-hydrogen) atoms. The lowest BCUT2D eigenvalue weighted by Gasteiger charge is -2.26. The lowest BCUT2D eigenvalue weighted by Crippen LogP contribution is -2.21. The van der Waals surface area contributed by atoms with E-state index in [0.717, 1.165) is 22.7 Å². The monoisotopic (exact) mass is 327 g/mol. The van der Waals surface area contributed by atoms with Crippen molar-refractivity contribution in [3.05, 3.63) is 59.9 Å². The highest BCUT2D eigenvalue weighted by atomic mass is 32.1. The van der Waals surface area contributed by atoms with Crippen molar-refractivity contribution in [2.24, 2.45) is 0 Å². The molecule has 0 amide bonds. The van der Waals surface area contributed by atoms with Gasteiger partial charge in [0.2, 0.25) is 5.13 Å². The SMILES string of the molecule is Fc1cccc2c1OCC[C@@H]2Nc1nc(-c2ccccc2)ns1. The van der Waals surface area contributed by atoms with Gasteiger partial charge in [-0.25, -0.2) is 4.39 Å². The van der Waals surface area contributed by atoms with Gasteiger partial charge >= 0.3 is 0 Å². The van der Waals surface area contributed by atoms with Crippen LogP contribution < -0.4 is 10.1 Å².